The highest BCUT2D eigenvalue weighted by Gasteiger charge is 2.18. The van der Waals surface area contributed by atoms with Gasteiger partial charge in [-0.25, -0.2) is 19.0 Å². The van der Waals surface area contributed by atoms with E-state index in [0.717, 1.165) is 11.3 Å². The minimum absolute atomic E-state index is 0.0277. The molecule has 0 aliphatic rings. The van der Waals surface area contributed by atoms with Crippen molar-refractivity contribution in [3.8, 4) is 16.9 Å². The summed E-state index contributed by atoms with van der Waals surface area (Å²) in [4.78, 5) is 32.2. The van der Waals surface area contributed by atoms with Gasteiger partial charge in [0.15, 0.2) is 5.13 Å². The number of halogens is 2. The summed E-state index contributed by atoms with van der Waals surface area (Å²) in [5, 5.41) is 11.9. The molecule has 4 rings (SSSR count). The molecule has 11 heteroatoms. The molecule has 0 radical (unpaired) electrons. The van der Waals surface area contributed by atoms with Crippen molar-refractivity contribution in [2.45, 2.75) is 13.8 Å². The van der Waals surface area contributed by atoms with Crippen LogP contribution in [0.2, 0.25) is 5.02 Å². The average Bonchev–Trinajstić information content (AvgIpc) is 3.35. The Kier molecular flexibility index (Phi) is 5.97. The van der Waals surface area contributed by atoms with Crippen LogP contribution in [0.4, 0.5) is 15.2 Å². The molecule has 2 amide bonds. The Balaban J connectivity index is 1.50. The number of hydrogen-bond acceptors (Lipinski definition) is 6. The molecule has 2 aromatic heterocycles. The van der Waals surface area contributed by atoms with Gasteiger partial charge in [0.1, 0.15) is 11.6 Å². The van der Waals surface area contributed by atoms with Crippen molar-refractivity contribution in [1.82, 2.24) is 19.7 Å². The fourth-order valence-corrected chi connectivity index (χ4v) is 3.76. The fraction of sp³-hybridized carbons (Fsp3) is 0.0952. The van der Waals surface area contributed by atoms with E-state index in [1.54, 1.807) is 42.6 Å². The van der Waals surface area contributed by atoms with E-state index in [1.807, 2.05) is 0 Å². The van der Waals surface area contributed by atoms with Crippen molar-refractivity contribution in [2.24, 2.45) is 0 Å². The number of rotatable bonds is 5. The fourth-order valence-electron chi connectivity index (χ4n) is 2.92. The Morgan fingerprint density at radius 2 is 1.84 bits per heavy atom. The molecule has 0 aliphatic carbocycles. The van der Waals surface area contributed by atoms with Gasteiger partial charge in [-0.2, -0.15) is 0 Å². The lowest BCUT2D eigenvalue weighted by atomic mass is 10.1. The number of amides is 2. The smallest absolute Gasteiger partial charge is 0.297 e. The standard InChI is InChI=1S/C21H16ClFN6O2S/c1-11-24-19(28-29(11)15-6-3-13(22)4-7-15)20(31)27-21-26-18(10-32-21)16-8-5-14(9-17(16)23)25-12(2)30/h3-10H,1-2H3,(H,25,30)(H,26,27,31). The molecule has 0 unspecified atom stereocenters. The molecule has 2 aromatic carbocycles. The summed E-state index contributed by atoms with van der Waals surface area (Å²) < 4.78 is 16.0. The van der Waals surface area contributed by atoms with Crippen molar-refractivity contribution in [2.75, 3.05) is 10.6 Å². The maximum absolute atomic E-state index is 14.5. The lowest BCUT2D eigenvalue weighted by Crippen LogP contribution is -2.14. The van der Waals surface area contributed by atoms with Crippen LogP contribution in [-0.2, 0) is 4.79 Å². The third-order valence-corrected chi connectivity index (χ3v) is 5.34. The molecular weight excluding hydrogens is 455 g/mol. The number of nitrogens with one attached hydrogen (secondary N) is 2. The number of nitrogens with zero attached hydrogens (tertiary/aromatic N) is 4. The topological polar surface area (TPSA) is 102 Å². The van der Waals surface area contributed by atoms with E-state index in [0.29, 0.717) is 27.9 Å². The van der Waals surface area contributed by atoms with Crippen LogP contribution in [0.1, 0.15) is 23.4 Å². The normalized spacial score (nSPS) is 10.8. The SMILES string of the molecule is CC(=O)Nc1ccc(-c2csc(NC(=O)c3nc(C)n(-c4ccc(Cl)cc4)n3)n2)c(F)c1. The predicted molar refractivity (Wildman–Crippen MR) is 121 cm³/mol. The van der Waals surface area contributed by atoms with E-state index >= 15 is 0 Å². The van der Waals surface area contributed by atoms with Gasteiger partial charge in [0.05, 0.1) is 11.4 Å². The molecule has 8 nitrogen and oxygen atoms in total. The van der Waals surface area contributed by atoms with Crippen molar-refractivity contribution in [3.63, 3.8) is 0 Å². The zero-order chi connectivity index (χ0) is 22.8. The van der Waals surface area contributed by atoms with Crippen molar-refractivity contribution in [3.05, 3.63) is 70.3 Å². The highest BCUT2D eigenvalue weighted by Crippen LogP contribution is 2.29. The van der Waals surface area contributed by atoms with Gasteiger partial charge in [0, 0.05) is 28.6 Å². The molecular formula is C21H16ClFN6O2S. The van der Waals surface area contributed by atoms with E-state index < -0.39 is 11.7 Å². The Hall–Kier alpha value is -3.63. The Morgan fingerprint density at radius 3 is 2.53 bits per heavy atom. The number of thiazole rings is 1. The Labute approximate surface area is 191 Å². The third kappa shape index (κ3) is 4.66. The van der Waals surface area contributed by atoms with Gasteiger partial charge < -0.3 is 5.32 Å². The van der Waals surface area contributed by atoms with Gasteiger partial charge in [0.2, 0.25) is 11.7 Å². The molecule has 0 bridgehead atoms. The molecule has 0 atom stereocenters. The van der Waals surface area contributed by atoms with Gasteiger partial charge >= 0.3 is 0 Å². The number of aryl methyl sites for hydroxylation is 1. The Morgan fingerprint density at radius 1 is 1.09 bits per heavy atom. The lowest BCUT2D eigenvalue weighted by Gasteiger charge is -2.04. The second kappa shape index (κ2) is 8.85. The molecule has 0 saturated heterocycles. The van der Waals surface area contributed by atoms with Crippen molar-refractivity contribution in [1.29, 1.82) is 0 Å². The van der Waals surface area contributed by atoms with E-state index in [-0.39, 0.29) is 22.4 Å². The minimum atomic E-state index is -0.543. The minimum Gasteiger partial charge on any atom is -0.326 e. The van der Waals surface area contributed by atoms with Crippen LogP contribution < -0.4 is 10.6 Å². The quantitative estimate of drug-likeness (QED) is 0.440. The summed E-state index contributed by atoms with van der Waals surface area (Å²) in [6, 6.07) is 11.3. The first-order valence-corrected chi connectivity index (χ1v) is 10.6. The first kappa shape index (κ1) is 21.6. The van der Waals surface area contributed by atoms with E-state index in [1.165, 1.54) is 23.7 Å². The summed E-state index contributed by atoms with van der Waals surface area (Å²) in [7, 11) is 0. The van der Waals surface area contributed by atoms with Crippen LogP contribution in [0, 0.1) is 12.7 Å². The van der Waals surface area contributed by atoms with Crippen LogP contribution in [-0.4, -0.2) is 31.6 Å². The van der Waals surface area contributed by atoms with Crippen molar-refractivity contribution < 1.29 is 14.0 Å². The first-order chi connectivity index (χ1) is 15.3. The number of hydrogen-bond donors (Lipinski definition) is 2. The van der Waals surface area contributed by atoms with E-state index in [9.17, 15) is 14.0 Å². The highest BCUT2D eigenvalue weighted by atomic mass is 35.5. The summed E-state index contributed by atoms with van der Waals surface area (Å²) >= 11 is 7.06. The molecule has 2 N–H and O–H groups in total. The maximum Gasteiger partial charge on any atom is 0.297 e. The monoisotopic (exact) mass is 470 g/mol. The first-order valence-electron chi connectivity index (χ1n) is 9.34. The van der Waals surface area contributed by atoms with Gasteiger partial charge in [-0.15, -0.1) is 16.4 Å². The third-order valence-electron chi connectivity index (χ3n) is 4.33. The van der Waals surface area contributed by atoms with Crippen LogP contribution in [0.5, 0.6) is 0 Å². The summed E-state index contributed by atoms with van der Waals surface area (Å²) in [6.45, 7) is 3.07. The molecule has 4 aromatic rings. The van der Waals surface area contributed by atoms with Crippen LogP contribution in [0.3, 0.4) is 0 Å². The number of carbonyl (C=O) groups is 2. The summed E-state index contributed by atoms with van der Waals surface area (Å²) in [5.41, 5.74) is 1.67. The molecule has 0 spiro atoms. The lowest BCUT2D eigenvalue weighted by molar-refractivity contribution is -0.114. The van der Waals surface area contributed by atoms with E-state index in [2.05, 4.69) is 25.7 Å². The maximum atomic E-state index is 14.5. The van der Waals surface area contributed by atoms with Crippen LogP contribution in [0.15, 0.2) is 47.8 Å². The summed E-state index contributed by atoms with van der Waals surface area (Å²) in [6.07, 6.45) is 0. The second-order valence-electron chi connectivity index (χ2n) is 6.74. The van der Waals surface area contributed by atoms with Crippen LogP contribution in [0.25, 0.3) is 16.9 Å². The van der Waals surface area contributed by atoms with Crippen molar-refractivity contribution >= 4 is 45.6 Å². The molecule has 32 heavy (non-hydrogen) atoms. The van der Waals surface area contributed by atoms with Crippen LogP contribution >= 0.6 is 22.9 Å². The number of anilines is 2. The van der Waals surface area contributed by atoms with Gasteiger partial charge in [-0.3, -0.25) is 14.9 Å². The highest BCUT2D eigenvalue weighted by molar-refractivity contribution is 7.14. The van der Waals surface area contributed by atoms with Gasteiger partial charge in [-0.1, -0.05) is 11.6 Å². The zero-order valence-corrected chi connectivity index (χ0v) is 18.5. The van der Waals surface area contributed by atoms with Gasteiger partial charge in [-0.05, 0) is 49.4 Å². The number of aromatic nitrogens is 4. The predicted octanol–water partition coefficient (Wildman–Crippen LogP) is 4.70. The molecule has 162 valence electrons. The largest absolute Gasteiger partial charge is 0.326 e. The molecule has 0 saturated carbocycles. The summed E-state index contributed by atoms with van der Waals surface area (Å²) in [5.74, 6) is -0.876. The van der Waals surface area contributed by atoms with Gasteiger partial charge in [0.25, 0.3) is 5.91 Å². The second-order valence-corrected chi connectivity index (χ2v) is 8.03. The molecule has 2 heterocycles. The van der Waals surface area contributed by atoms with E-state index in [4.69, 9.17) is 11.6 Å². The zero-order valence-electron chi connectivity index (χ0n) is 16.9. The number of carbonyl (C=O) groups excluding carboxylic acids is 2. The Bertz CT molecular complexity index is 1320. The number of benzene rings is 2. The average molecular weight is 471 g/mol. The molecule has 0 fully saturated rings. The molecule has 0 aliphatic heterocycles.